The van der Waals surface area contributed by atoms with Crippen molar-refractivity contribution in [2.24, 2.45) is 0 Å². The molecule has 0 aliphatic carbocycles. The van der Waals surface area contributed by atoms with Gasteiger partial charge in [-0.1, -0.05) is 59.1 Å². The van der Waals surface area contributed by atoms with Gasteiger partial charge in [-0.3, -0.25) is 9.48 Å². The topological polar surface area (TPSA) is 46.9 Å². The molecule has 0 aliphatic rings. The molecule has 2 rings (SSSR count). The molecule has 0 spiro atoms. The molecule has 23 heavy (non-hydrogen) atoms. The molecular formula is C17H21BrClN3O. The predicted molar refractivity (Wildman–Crippen MR) is 96.9 cm³/mol. The van der Waals surface area contributed by atoms with Crippen LogP contribution in [-0.4, -0.2) is 15.7 Å². The van der Waals surface area contributed by atoms with Crippen molar-refractivity contribution >= 4 is 33.4 Å². The van der Waals surface area contributed by atoms with Crippen molar-refractivity contribution in [3.8, 4) is 0 Å². The first-order valence-electron chi connectivity index (χ1n) is 7.73. The molecule has 0 saturated heterocycles. The molecule has 1 atom stereocenters. The maximum atomic E-state index is 12.6. The molecule has 1 N–H and O–H groups in total. The Morgan fingerprint density at radius 3 is 2.78 bits per heavy atom. The number of amides is 1. The summed E-state index contributed by atoms with van der Waals surface area (Å²) in [5, 5.41) is 7.79. The van der Waals surface area contributed by atoms with Crippen molar-refractivity contribution < 1.29 is 4.79 Å². The van der Waals surface area contributed by atoms with Crippen molar-refractivity contribution in [3.63, 3.8) is 0 Å². The SMILES string of the molecule is CCCCn1nc(C)c(C(=O)N[C@@H](C)c2ccccc2Br)c1Cl. The summed E-state index contributed by atoms with van der Waals surface area (Å²) >= 11 is 9.86. The Hall–Kier alpha value is -1.33. The number of rotatable bonds is 6. The van der Waals surface area contributed by atoms with Gasteiger partial charge in [-0.15, -0.1) is 0 Å². The Morgan fingerprint density at radius 1 is 1.43 bits per heavy atom. The van der Waals surface area contributed by atoms with E-state index in [0.717, 1.165) is 29.4 Å². The van der Waals surface area contributed by atoms with Gasteiger partial charge in [0.1, 0.15) is 5.15 Å². The van der Waals surface area contributed by atoms with Gasteiger partial charge in [0.2, 0.25) is 0 Å². The van der Waals surface area contributed by atoms with E-state index in [0.29, 0.717) is 16.4 Å². The standard InChI is InChI=1S/C17H21BrClN3O/c1-4-5-10-22-16(19)15(12(3)21-22)17(23)20-11(2)13-8-6-7-9-14(13)18/h6-9,11H,4-5,10H2,1-3H3,(H,20,23)/t11-/m0/s1. The molecule has 0 saturated carbocycles. The minimum Gasteiger partial charge on any atom is -0.345 e. The van der Waals surface area contributed by atoms with Gasteiger partial charge in [-0.05, 0) is 31.9 Å². The molecule has 124 valence electrons. The lowest BCUT2D eigenvalue weighted by Crippen LogP contribution is -2.27. The first-order chi connectivity index (χ1) is 11.0. The second kappa shape index (κ2) is 7.97. The van der Waals surface area contributed by atoms with Crippen LogP contribution in [0.1, 0.15) is 54.3 Å². The average Bonchev–Trinajstić information content (AvgIpc) is 2.79. The first kappa shape index (κ1) is 18.0. The molecule has 0 radical (unpaired) electrons. The lowest BCUT2D eigenvalue weighted by Gasteiger charge is -2.15. The fourth-order valence-corrected chi connectivity index (χ4v) is 3.41. The number of carbonyl (C=O) groups excluding carboxylic acids is 1. The van der Waals surface area contributed by atoms with E-state index in [1.165, 1.54) is 0 Å². The number of unbranched alkanes of at least 4 members (excludes halogenated alkanes) is 1. The van der Waals surface area contributed by atoms with Gasteiger partial charge >= 0.3 is 0 Å². The van der Waals surface area contributed by atoms with E-state index >= 15 is 0 Å². The molecule has 6 heteroatoms. The van der Waals surface area contributed by atoms with E-state index in [1.807, 2.05) is 38.1 Å². The van der Waals surface area contributed by atoms with Gasteiger partial charge in [0.05, 0.1) is 17.3 Å². The monoisotopic (exact) mass is 397 g/mol. The fraction of sp³-hybridized carbons (Fsp3) is 0.412. The molecule has 1 heterocycles. The predicted octanol–water partition coefficient (Wildman–Crippen LogP) is 4.90. The molecule has 0 fully saturated rings. The van der Waals surface area contributed by atoms with Crippen LogP contribution in [0.2, 0.25) is 5.15 Å². The Morgan fingerprint density at radius 2 is 2.13 bits per heavy atom. The minimum absolute atomic E-state index is 0.132. The second-order valence-corrected chi connectivity index (χ2v) is 6.76. The largest absolute Gasteiger partial charge is 0.345 e. The van der Waals surface area contributed by atoms with E-state index in [9.17, 15) is 4.79 Å². The Balaban J connectivity index is 2.18. The van der Waals surface area contributed by atoms with Crippen LogP contribution in [0, 0.1) is 6.92 Å². The Bertz CT molecular complexity index is 699. The fourth-order valence-electron chi connectivity index (χ4n) is 2.44. The number of hydrogen-bond acceptors (Lipinski definition) is 2. The third-order valence-corrected chi connectivity index (χ3v) is 4.84. The van der Waals surface area contributed by atoms with Crippen LogP contribution in [0.5, 0.6) is 0 Å². The lowest BCUT2D eigenvalue weighted by molar-refractivity contribution is 0.0939. The van der Waals surface area contributed by atoms with Gasteiger partial charge < -0.3 is 5.32 Å². The second-order valence-electron chi connectivity index (χ2n) is 5.54. The molecule has 1 aromatic carbocycles. The summed E-state index contributed by atoms with van der Waals surface area (Å²) in [6.07, 6.45) is 2.03. The summed E-state index contributed by atoms with van der Waals surface area (Å²) in [7, 11) is 0. The van der Waals surface area contributed by atoms with Gasteiger partial charge in [-0.25, -0.2) is 0 Å². The van der Waals surface area contributed by atoms with E-state index in [-0.39, 0.29) is 11.9 Å². The van der Waals surface area contributed by atoms with Gasteiger partial charge in [-0.2, -0.15) is 5.10 Å². The Kier molecular flexibility index (Phi) is 6.25. The van der Waals surface area contributed by atoms with Gasteiger partial charge in [0, 0.05) is 11.0 Å². The quantitative estimate of drug-likeness (QED) is 0.752. The first-order valence-corrected chi connectivity index (χ1v) is 8.91. The van der Waals surface area contributed by atoms with E-state index < -0.39 is 0 Å². The highest BCUT2D eigenvalue weighted by atomic mass is 79.9. The normalized spacial score (nSPS) is 12.2. The van der Waals surface area contributed by atoms with Crippen molar-refractivity contribution in [2.45, 2.75) is 46.2 Å². The smallest absolute Gasteiger partial charge is 0.256 e. The highest BCUT2D eigenvalue weighted by Gasteiger charge is 2.22. The summed E-state index contributed by atoms with van der Waals surface area (Å²) in [6, 6.07) is 7.70. The minimum atomic E-state index is -0.196. The number of halogens is 2. The van der Waals surface area contributed by atoms with Crippen LogP contribution in [0.3, 0.4) is 0 Å². The number of benzene rings is 1. The van der Waals surface area contributed by atoms with E-state index in [4.69, 9.17) is 11.6 Å². The molecule has 0 bridgehead atoms. The molecule has 4 nitrogen and oxygen atoms in total. The van der Waals surface area contributed by atoms with Crippen molar-refractivity contribution in [1.29, 1.82) is 0 Å². The van der Waals surface area contributed by atoms with Gasteiger partial charge in [0.25, 0.3) is 5.91 Å². The van der Waals surface area contributed by atoms with Gasteiger partial charge in [0.15, 0.2) is 0 Å². The van der Waals surface area contributed by atoms with Crippen LogP contribution >= 0.6 is 27.5 Å². The zero-order valence-corrected chi connectivity index (χ0v) is 15.9. The highest BCUT2D eigenvalue weighted by molar-refractivity contribution is 9.10. The van der Waals surface area contributed by atoms with E-state index in [2.05, 4.69) is 33.3 Å². The highest BCUT2D eigenvalue weighted by Crippen LogP contribution is 2.25. The number of aryl methyl sites for hydroxylation is 2. The number of nitrogens with zero attached hydrogens (tertiary/aromatic N) is 2. The zero-order valence-electron chi connectivity index (χ0n) is 13.6. The maximum Gasteiger partial charge on any atom is 0.256 e. The van der Waals surface area contributed by atoms with Crippen LogP contribution in [0.15, 0.2) is 28.7 Å². The zero-order chi connectivity index (χ0) is 17.0. The van der Waals surface area contributed by atoms with Crippen molar-refractivity contribution in [3.05, 3.63) is 50.7 Å². The molecule has 1 aromatic heterocycles. The lowest BCUT2D eigenvalue weighted by atomic mass is 10.1. The third kappa shape index (κ3) is 4.15. The molecule has 0 aliphatic heterocycles. The summed E-state index contributed by atoms with van der Waals surface area (Å²) in [5.41, 5.74) is 2.14. The number of aromatic nitrogens is 2. The van der Waals surface area contributed by atoms with Crippen LogP contribution in [-0.2, 0) is 6.54 Å². The summed E-state index contributed by atoms with van der Waals surface area (Å²) in [6.45, 7) is 6.59. The molecule has 0 unspecified atom stereocenters. The number of carbonyl (C=O) groups is 1. The molecule has 1 amide bonds. The maximum absolute atomic E-state index is 12.6. The number of hydrogen-bond donors (Lipinski definition) is 1. The molecule has 2 aromatic rings. The van der Waals surface area contributed by atoms with Crippen molar-refractivity contribution in [1.82, 2.24) is 15.1 Å². The summed E-state index contributed by atoms with van der Waals surface area (Å²) < 4.78 is 2.67. The number of nitrogens with one attached hydrogen (secondary N) is 1. The average molecular weight is 399 g/mol. The summed E-state index contributed by atoms with van der Waals surface area (Å²) in [4.78, 5) is 12.6. The Labute approximate surface area is 150 Å². The van der Waals surface area contributed by atoms with E-state index in [1.54, 1.807) is 4.68 Å². The van der Waals surface area contributed by atoms with Crippen LogP contribution < -0.4 is 5.32 Å². The third-order valence-electron chi connectivity index (χ3n) is 3.74. The van der Waals surface area contributed by atoms with Crippen LogP contribution in [0.25, 0.3) is 0 Å². The summed E-state index contributed by atoms with van der Waals surface area (Å²) in [5.74, 6) is -0.196. The molecular weight excluding hydrogens is 378 g/mol. The van der Waals surface area contributed by atoms with Crippen LogP contribution in [0.4, 0.5) is 0 Å². The van der Waals surface area contributed by atoms with Crippen molar-refractivity contribution in [2.75, 3.05) is 0 Å².